The molecule has 0 bridgehead atoms. The molecule has 1 atom stereocenters. The number of ether oxygens (including phenoxy) is 1. The van der Waals surface area contributed by atoms with Crippen molar-refractivity contribution in [3.05, 3.63) is 36.3 Å². The highest BCUT2D eigenvalue weighted by Gasteiger charge is 2.22. The molecule has 0 saturated carbocycles. The van der Waals surface area contributed by atoms with Crippen molar-refractivity contribution in [2.75, 3.05) is 31.6 Å². The van der Waals surface area contributed by atoms with Crippen LogP contribution in [0, 0.1) is 5.82 Å². The summed E-state index contributed by atoms with van der Waals surface area (Å²) in [6.07, 6.45) is 1.54. The van der Waals surface area contributed by atoms with Crippen LogP contribution in [0.25, 0.3) is 10.9 Å². The summed E-state index contributed by atoms with van der Waals surface area (Å²) < 4.78 is 19.0. The lowest BCUT2D eigenvalue weighted by molar-refractivity contribution is -0.135. The van der Waals surface area contributed by atoms with E-state index in [2.05, 4.69) is 10.3 Å². The monoisotopic (exact) mass is 303 g/mol. The van der Waals surface area contributed by atoms with Crippen molar-refractivity contribution >= 4 is 22.5 Å². The highest BCUT2D eigenvalue weighted by atomic mass is 19.1. The second kappa shape index (κ2) is 6.27. The molecule has 22 heavy (non-hydrogen) atoms. The van der Waals surface area contributed by atoms with Gasteiger partial charge in [0, 0.05) is 30.4 Å². The summed E-state index contributed by atoms with van der Waals surface area (Å²) in [6, 6.07) is 6.16. The molecule has 5 nitrogen and oxygen atoms in total. The molecule has 1 aromatic carbocycles. The summed E-state index contributed by atoms with van der Waals surface area (Å²) >= 11 is 0. The molecule has 0 aliphatic carbocycles. The maximum absolute atomic E-state index is 13.8. The fraction of sp³-hybridized carbons (Fsp3) is 0.375. The Morgan fingerprint density at radius 2 is 2.14 bits per heavy atom. The number of fused-ring (bicyclic) bond motifs is 1. The Labute approximate surface area is 128 Å². The molecule has 1 N–H and O–H groups in total. The minimum Gasteiger partial charge on any atom is -0.378 e. The van der Waals surface area contributed by atoms with Crippen LogP contribution < -0.4 is 5.32 Å². The molecular weight excluding hydrogens is 285 g/mol. The van der Waals surface area contributed by atoms with Crippen molar-refractivity contribution in [1.82, 2.24) is 9.88 Å². The van der Waals surface area contributed by atoms with Gasteiger partial charge in [-0.3, -0.25) is 9.78 Å². The highest BCUT2D eigenvalue weighted by molar-refractivity contribution is 5.94. The van der Waals surface area contributed by atoms with Gasteiger partial charge in [-0.05, 0) is 19.1 Å². The number of carbonyl (C=O) groups is 1. The van der Waals surface area contributed by atoms with Gasteiger partial charge in [-0.25, -0.2) is 4.39 Å². The number of hydrogen-bond donors (Lipinski definition) is 1. The van der Waals surface area contributed by atoms with Gasteiger partial charge in [0.1, 0.15) is 17.4 Å². The van der Waals surface area contributed by atoms with Crippen LogP contribution in [-0.2, 0) is 9.53 Å². The largest absolute Gasteiger partial charge is 0.378 e. The van der Waals surface area contributed by atoms with Crippen LogP contribution in [0.15, 0.2) is 30.5 Å². The van der Waals surface area contributed by atoms with Crippen LogP contribution >= 0.6 is 0 Å². The van der Waals surface area contributed by atoms with E-state index < -0.39 is 6.04 Å². The Morgan fingerprint density at radius 3 is 2.91 bits per heavy atom. The number of amides is 1. The third-order valence-electron chi connectivity index (χ3n) is 3.79. The maximum atomic E-state index is 13.8. The van der Waals surface area contributed by atoms with Crippen molar-refractivity contribution in [3.63, 3.8) is 0 Å². The molecule has 2 heterocycles. The first-order valence-corrected chi connectivity index (χ1v) is 7.33. The van der Waals surface area contributed by atoms with Gasteiger partial charge in [0.25, 0.3) is 0 Å². The van der Waals surface area contributed by atoms with Gasteiger partial charge in [0.15, 0.2) is 0 Å². The van der Waals surface area contributed by atoms with Gasteiger partial charge in [0.05, 0.1) is 13.2 Å². The summed E-state index contributed by atoms with van der Waals surface area (Å²) in [7, 11) is 0. The van der Waals surface area contributed by atoms with Crippen molar-refractivity contribution in [1.29, 1.82) is 0 Å². The number of morpholine rings is 1. The van der Waals surface area contributed by atoms with Crippen molar-refractivity contribution in [3.8, 4) is 0 Å². The van der Waals surface area contributed by atoms with Gasteiger partial charge in [-0.15, -0.1) is 0 Å². The molecule has 6 heteroatoms. The molecule has 0 spiro atoms. The van der Waals surface area contributed by atoms with Crippen LogP contribution in [0.4, 0.5) is 10.1 Å². The van der Waals surface area contributed by atoms with Crippen LogP contribution in [0.5, 0.6) is 0 Å². The zero-order chi connectivity index (χ0) is 15.5. The van der Waals surface area contributed by atoms with Crippen LogP contribution in [0.2, 0.25) is 0 Å². The number of benzene rings is 1. The second-order valence-electron chi connectivity index (χ2n) is 5.30. The maximum Gasteiger partial charge on any atom is 0.244 e. The lowest BCUT2D eigenvalue weighted by atomic mass is 10.1. The first-order chi connectivity index (χ1) is 10.7. The van der Waals surface area contributed by atoms with Gasteiger partial charge in [-0.2, -0.15) is 0 Å². The van der Waals surface area contributed by atoms with Crippen molar-refractivity contribution in [2.45, 2.75) is 13.0 Å². The molecule has 1 aliphatic rings. The first-order valence-electron chi connectivity index (χ1n) is 7.33. The van der Waals surface area contributed by atoms with E-state index in [1.807, 2.05) is 6.92 Å². The number of halogens is 1. The summed E-state index contributed by atoms with van der Waals surface area (Å²) in [4.78, 5) is 18.3. The molecule has 1 aliphatic heterocycles. The Morgan fingerprint density at radius 1 is 1.36 bits per heavy atom. The average molecular weight is 303 g/mol. The normalized spacial score (nSPS) is 16.5. The molecule has 1 saturated heterocycles. The first kappa shape index (κ1) is 14.7. The molecule has 3 rings (SSSR count). The fourth-order valence-electron chi connectivity index (χ4n) is 2.62. The number of carbonyl (C=O) groups excluding carboxylic acids is 1. The topological polar surface area (TPSA) is 54.5 Å². The van der Waals surface area contributed by atoms with Gasteiger partial charge < -0.3 is 15.0 Å². The summed E-state index contributed by atoms with van der Waals surface area (Å²) in [6.45, 7) is 4.17. The average Bonchev–Trinajstić information content (AvgIpc) is 2.56. The lowest BCUT2D eigenvalue weighted by Crippen LogP contribution is -2.47. The Bertz CT molecular complexity index is 686. The molecule has 1 amide bonds. The van der Waals surface area contributed by atoms with Gasteiger partial charge in [0.2, 0.25) is 5.91 Å². The molecule has 0 radical (unpaired) electrons. The SMILES string of the molecule is C[C@@H](Nc1ccnc2c(F)cccc12)C(=O)N1CCOCC1. The van der Waals surface area contributed by atoms with E-state index in [4.69, 9.17) is 4.74 Å². The number of nitrogens with zero attached hydrogens (tertiary/aromatic N) is 2. The number of pyridine rings is 1. The van der Waals surface area contributed by atoms with Crippen LogP contribution in [0.3, 0.4) is 0 Å². The van der Waals surface area contributed by atoms with E-state index in [1.54, 1.807) is 29.3 Å². The quantitative estimate of drug-likeness (QED) is 0.942. The summed E-state index contributed by atoms with van der Waals surface area (Å²) in [5, 5.41) is 3.84. The highest BCUT2D eigenvalue weighted by Crippen LogP contribution is 2.24. The second-order valence-corrected chi connectivity index (χ2v) is 5.30. The molecule has 0 unspecified atom stereocenters. The van der Waals surface area contributed by atoms with E-state index in [-0.39, 0.29) is 11.7 Å². The lowest BCUT2D eigenvalue weighted by Gasteiger charge is -2.29. The van der Waals surface area contributed by atoms with E-state index >= 15 is 0 Å². The Balaban J connectivity index is 1.80. The van der Waals surface area contributed by atoms with E-state index in [1.165, 1.54) is 6.07 Å². The Kier molecular flexibility index (Phi) is 4.20. The number of rotatable bonds is 3. The standard InChI is InChI=1S/C16H18FN3O2/c1-11(16(21)20-7-9-22-10-8-20)19-14-5-6-18-15-12(14)3-2-4-13(15)17/h2-6,11H,7-10H2,1H3,(H,18,19)/t11-/m1/s1. The number of hydrogen-bond acceptors (Lipinski definition) is 4. The van der Waals surface area contributed by atoms with Crippen molar-refractivity contribution in [2.24, 2.45) is 0 Å². The zero-order valence-corrected chi connectivity index (χ0v) is 12.4. The predicted molar refractivity (Wildman–Crippen MR) is 82.2 cm³/mol. The minimum absolute atomic E-state index is 0.0182. The third kappa shape index (κ3) is 2.87. The zero-order valence-electron chi connectivity index (χ0n) is 12.4. The summed E-state index contributed by atoms with van der Waals surface area (Å²) in [5.41, 5.74) is 1.01. The van der Waals surface area contributed by atoms with Crippen molar-refractivity contribution < 1.29 is 13.9 Å². The third-order valence-corrected chi connectivity index (χ3v) is 3.79. The summed E-state index contributed by atoms with van der Waals surface area (Å²) in [5.74, 6) is -0.349. The smallest absolute Gasteiger partial charge is 0.244 e. The molecule has 1 aromatic heterocycles. The van der Waals surface area contributed by atoms with Crippen LogP contribution in [0.1, 0.15) is 6.92 Å². The molecule has 116 valence electrons. The number of nitrogens with one attached hydrogen (secondary N) is 1. The molecule has 2 aromatic rings. The number of aromatic nitrogens is 1. The van der Waals surface area contributed by atoms with E-state index in [9.17, 15) is 9.18 Å². The van der Waals surface area contributed by atoms with E-state index in [0.717, 1.165) is 0 Å². The minimum atomic E-state index is -0.396. The molecule has 1 fully saturated rings. The van der Waals surface area contributed by atoms with Gasteiger partial charge >= 0.3 is 0 Å². The van der Waals surface area contributed by atoms with E-state index in [0.29, 0.717) is 42.9 Å². The molecular formula is C16H18FN3O2. The fourth-order valence-corrected chi connectivity index (χ4v) is 2.62. The number of anilines is 1. The van der Waals surface area contributed by atoms with Gasteiger partial charge in [-0.1, -0.05) is 12.1 Å². The number of para-hydroxylation sites is 1. The Hall–Kier alpha value is -2.21. The predicted octanol–water partition coefficient (Wildman–Crippen LogP) is 2.03. The van der Waals surface area contributed by atoms with Crippen LogP contribution in [-0.4, -0.2) is 48.1 Å².